The van der Waals surface area contributed by atoms with E-state index in [1.165, 1.54) is 11.6 Å². The standard InChI is InChI=1S/C20H23N3O2S/c24-18-6-9-21-20-23(18)17(14-26-20)13-19(25)22-10-7-16(8-11-22)12-15-4-2-1-3-5-15/h1-6,9,16-17H,7-8,10-14H2/t17-/m1/s1. The van der Waals surface area contributed by atoms with Crippen molar-refractivity contribution >= 4 is 17.7 Å². The first-order valence-corrected chi connectivity index (χ1v) is 10.2. The Morgan fingerprint density at radius 3 is 2.69 bits per heavy atom. The van der Waals surface area contributed by atoms with Gasteiger partial charge in [0, 0.05) is 37.5 Å². The largest absolute Gasteiger partial charge is 0.343 e. The lowest BCUT2D eigenvalue weighted by atomic mass is 9.90. The van der Waals surface area contributed by atoms with E-state index in [0.29, 0.717) is 12.3 Å². The van der Waals surface area contributed by atoms with Gasteiger partial charge in [-0.3, -0.25) is 14.2 Å². The average Bonchev–Trinajstić information content (AvgIpc) is 3.07. The predicted octanol–water partition coefficient (Wildman–Crippen LogP) is 2.76. The molecule has 1 amide bonds. The van der Waals surface area contributed by atoms with Gasteiger partial charge >= 0.3 is 0 Å². The number of fused-ring (bicyclic) bond motifs is 1. The molecule has 2 aromatic rings. The minimum atomic E-state index is -0.0641. The van der Waals surface area contributed by atoms with Gasteiger partial charge in [0.2, 0.25) is 5.91 Å². The predicted molar refractivity (Wildman–Crippen MR) is 102 cm³/mol. The zero-order chi connectivity index (χ0) is 17.9. The molecule has 1 saturated heterocycles. The maximum absolute atomic E-state index is 12.7. The average molecular weight is 369 g/mol. The number of likely N-dealkylation sites (tertiary alicyclic amines) is 1. The van der Waals surface area contributed by atoms with Crippen LogP contribution in [0.15, 0.2) is 52.5 Å². The number of amides is 1. The van der Waals surface area contributed by atoms with Crippen LogP contribution in [0.4, 0.5) is 0 Å². The summed E-state index contributed by atoms with van der Waals surface area (Å²) in [4.78, 5) is 31.0. The minimum Gasteiger partial charge on any atom is -0.343 e. The molecule has 2 aliphatic heterocycles. The van der Waals surface area contributed by atoms with Crippen molar-refractivity contribution in [2.75, 3.05) is 18.8 Å². The van der Waals surface area contributed by atoms with E-state index in [1.807, 2.05) is 11.0 Å². The molecule has 4 rings (SSSR count). The molecule has 6 heteroatoms. The second kappa shape index (κ2) is 7.66. The number of thioether (sulfide) groups is 1. The van der Waals surface area contributed by atoms with Gasteiger partial charge in [0.15, 0.2) is 5.16 Å². The van der Waals surface area contributed by atoms with Crippen LogP contribution >= 0.6 is 11.8 Å². The van der Waals surface area contributed by atoms with Crippen molar-refractivity contribution in [2.24, 2.45) is 5.92 Å². The Kier molecular flexibility index (Phi) is 5.11. The number of carbonyl (C=O) groups is 1. The normalized spacial score (nSPS) is 20.2. The number of nitrogens with zero attached hydrogens (tertiary/aromatic N) is 3. The number of benzene rings is 1. The first-order chi connectivity index (χ1) is 12.7. The number of hydrogen-bond donors (Lipinski definition) is 0. The highest BCUT2D eigenvalue weighted by molar-refractivity contribution is 7.99. The molecule has 1 fully saturated rings. The fourth-order valence-corrected chi connectivity index (χ4v) is 5.03. The molecule has 0 saturated carbocycles. The van der Waals surface area contributed by atoms with Crippen LogP contribution in [-0.2, 0) is 11.2 Å². The summed E-state index contributed by atoms with van der Waals surface area (Å²) in [5.41, 5.74) is 1.32. The molecular weight excluding hydrogens is 346 g/mol. The van der Waals surface area contributed by atoms with E-state index >= 15 is 0 Å². The Morgan fingerprint density at radius 2 is 1.92 bits per heavy atom. The molecule has 1 aromatic heterocycles. The number of hydrogen-bond acceptors (Lipinski definition) is 4. The van der Waals surface area contributed by atoms with Crippen molar-refractivity contribution in [1.29, 1.82) is 0 Å². The van der Waals surface area contributed by atoms with Crippen LogP contribution in [0.25, 0.3) is 0 Å². The molecule has 0 bridgehead atoms. The van der Waals surface area contributed by atoms with Crippen LogP contribution in [0.1, 0.15) is 30.9 Å². The van der Waals surface area contributed by atoms with Crippen molar-refractivity contribution < 1.29 is 4.79 Å². The Bertz CT molecular complexity index is 828. The third kappa shape index (κ3) is 3.70. The van der Waals surface area contributed by atoms with Gasteiger partial charge < -0.3 is 4.90 Å². The lowest BCUT2D eigenvalue weighted by Crippen LogP contribution is -2.40. The van der Waals surface area contributed by atoms with Crippen LogP contribution in [0.3, 0.4) is 0 Å². The maximum Gasteiger partial charge on any atom is 0.254 e. The number of aromatic nitrogens is 2. The van der Waals surface area contributed by atoms with Gasteiger partial charge in [-0.2, -0.15) is 0 Å². The first-order valence-electron chi connectivity index (χ1n) is 9.23. The van der Waals surface area contributed by atoms with Gasteiger partial charge in [-0.15, -0.1) is 0 Å². The van der Waals surface area contributed by atoms with E-state index in [0.717, 1.165) is 43.3 Å². The highest BCUT2D eigenvalue weighted by Gasteiger charge is 2.30. The molecule has 0 spiro atoms. The monoisotopic (exact) mass is 369 g/mol. The second-order valence-electron chi connectivity index (χ2n) is 7.12. The zero-order valence-corrected chi connectivity index (χ0v) is 15.5. The molecule has 0 unspecified atom stereocenters. The molecule has 0 aliphatic carbocycles. The fourth-order valence-electron chi connectivity index (χ4n) is 3.90. The third-order valence-corrected chi connectivity index (χ3v) is 6.47. The summed E-state index contributed by atoms with van der Waals surface area (Å²) in [6.45, 7) is 1.65. The van der Waals surface area contributed by atoms with E-state index in [1.54, 1.807) is 22.5 Å². The molecule has 136 valence electrons. The smallest absolute Gasteiger partial charge is 0.254 e. The van der Waals surface area contributed by atoms with Gasteiger partial charge in [0.25, 0.3) is 5.56 Å². The van der Waals surface area contributed by atoms with Crippen LogP contribution in [0.2, 0.25) is 0 Å². The van der Waals surface area contributed by atoms with Gasteiger partial charge in [-0.05, 0) is 30.7 Å². The molecule has 1 atom stereocenters. The summed E-state index contributed by atoms with van der Waals surface area (Å²) in [7, 11) is 0. The van der Waals surface area contributed by atoms with Gasteiger partial charge in [0.1, 0.15) is 0 Å². The highest BCUT2D eigenvalue weighted by Crippen LogP contribution is 2.32. The van der Waals surface area contributed by atoms with E-state index < -0.39 is 0 Å². The summed E-state index contributed by atoms with van der Waals surface area (Å²) in [5, 5.41) is 0.733. The van der Waals surface area contributed by atoms with Crippen molar-refractivity contribution in [3.05, 3.63) is 58.5 Å². The summed E-state index contributed by atoms with van der Waals surface area (Å²) in [6.07, 6.45) is 5.14. The van der Waals surface area contributed by atoms with Gasteiger partial charge in [0.05, 0.1) is 6.04 Å². The van der Waals surface area contributed by atoms with E-state index in [-0.39, 0.29) is 17.5 Å². The van der Waals surface area contributed by atoms with Crippen LogP contribution in [0.5, 0.6) is 0 Å². The number of carbonyl (C=O) groups excluding carboxylic acids is 1. The quantitative estimate of drug-likeness (QED) is 0.778. The SMILES string of the molecule is O=C(C[C@@H]1CSc2nccc(=O)n21)N1CCC(Cc2ccccc2)CC1. The molecule has 0 N–H and O–H groups in total. The third-order valence-electron chi connectivity index (χ3n) is 5.36. The topological polar surface area (TPSA) is 55.2 Å². The molecule has 1 aromatic carbocycles. The van der Waals surface area contributed by atoms with E-state index in [4.69, 9.17) is 0 Å². The minimum absolute atomic E-state index is 0.0561. The summed E-state index contributed by atoms with van der Waals surface area (Å²) < 4.78 is 1.69. The van der Waals surface area contributed by atoms with Crippen molar-refractivity contribution in [3.8, 4) is 0 Å². The fraction of sp³-hybridized carbons (Fsp3) is 0.450. The van der Waals surface area contributed by atoms with Gasteiger partial charge in [-0.1, -0.05) is 42.1 Å². The Balaban J connectivity index is 1.32. The van der Waals surface area contributed by atoms with E-state index in [9.17, 15) is 9.59 Å². The van der Waals surface area contributed by atoms with Crippen molar-refractivity contribution in [2.45, 2.75) is 36.9 Å². The Labute approximate surface area is 157 Å². The van der Waals surface area contributed by atoms with Crippen LogP contribution in [-0.4, -0.2) is 39.2 Å². The lowest BCUT2D eigenvalue weighted by molar-refractivity contribution is -0.133. The summed E-state index contributed by atoms with van der Waals surface area (Å²) >= 11 is 1.56. The molecular formula is C20H23N3O2S. The molecule has 5 nitrogen and oxygen atoms in total. The molecule has 0 radical (unpaired) electrons. The number of rotatable bonds is 4. The van der Waals surface area contributed by atoms with Crippen molar-refractivity contribution in [1.82, 2.24) is 14.5 Å². The van der Waals surface area contributed by atoms with Crippen LogP contribution < -0.4 is 5.56 Å². The number of piperidine rings is 1. The zero-order valence-electron chi connectivity index (χ0n) is 14.7. The van der Waals surface area contributed by atoms with Crippen molar-refractivity contribution in [3.63, 3.8) is 0 Å². The highest BCUT2D eigenvalue weighted by atomic mass is 32.2. The summed E-state index contributed by atoms with van der Waals surface area (Å²) in [5.74, 6) is 1.57. The van der Waals surface area contributed by atoms with Crippen LogP contribution in [0, 0.1) is 5.92 Å². The Hall–Kier alpha value is -2.08. The molecule has 2 aliphatic rings. The van der Waals surface area contributed by atoms with Gasteiger partial charge in [-0.25, -0.2) is 4.98 Å². The van der Waals surface area contributed by atoms with E-state index in [2.05, 4.69) is 29.2 Å². The summed E-state index contributed by atoms with van der Waals surface area (Å²) in [6, 6.07) is 12.0. The molecule has 3 heterocycles. The second-order valence-corrected chi connectivity index (χ2v) is 8.11. The lowest BCUT2D eigenvalue weighted by Gasteiger charge is -2.32. The molecule has 26 heavy (non-hydrogen) atoms. The first kappa shape index (κ1) is 17.3. The maximum atomic E-state index is 12.7. The Morgan fingerprint density at radius 1 is 1.15 bits per heavy atom.